The second-order valence-corrected chi connectivity index (χ2v) is 6.09. The summed E-state index contributed by atoms with van der Waals surface area (Å²) in [5, 5.41) is 1.97. The minimum absolute atomic E-state index is 0. The highest BCUT2D eigenvalue weighted by atomic mass is 16.2. The molecule has 0 spiro atoms. The largest absolute Gasteiger partial charge is 0.272 e. The van der Waals surface area contributed by atoms with Crippen molar-refractivity contribution in [1.29, 1.82) is 0 Å². The van der Waals surface area contributed by atoms with E-state index < -0.39 is 0 Å². The molecule has 3 aliphatic rings. The highest BCUT2D eigenvalue weighted by molar-refractivity contribution is 5.86. The Morgan fingerprint density at radius 1 is 1.22 bits per heavy atom. The fraction of sp³-hybridized carbons (Fsp3) is 0.933. The van der Waals surface area contributed by atoms with Gasteiger partial charge in [0.05, 0.1) is 6.04 Å². The Hall–Kier alpha value is -0.570. The van der Waals surface area contributed by atoms with Crippen molar-refractivity contribution < 1.29 is 4.79 Å². The zero-order chi connectivity index (χ0) is 11.8. The Labute approximate surface area is 111 Å². The van der Waals surface area contributed by atoms with Crippen LogP contribution in [0.15, 0.2) is 0 Å². The maximum atomic E-state index is 12.1. The monoisotopic (exact) mass is 252 g/mol. The molecule has 18 heavy (non-hydrogen) atoms. The van der Waals surface area contributed by atoms with Crippen molar-refractivity contribution in [3.8, 4) is 0 Å². The van der Waals surface area contributed by atoms with Crippen LogP contribution in [0.2, 0.25) is 0 Å². The molecule has 3 atom stereocenters. The van der Waals surface area contributed by atoms with Gasteiger partial charge in [-0.2, -0.15) is 0 Å². The molecular formula is C15H28N2O. The highest BCUT2D eigenvalue weighted by Gasteiger charge is 2.45. The molecule has 1 amide bonds. The molecule has 0 aromatic rings. The number of hydrogen-bond acceptors (Lipinski definition) is 2. The van der Waals surface area contributed by atoms with Crippen molar-refractivity contribution in [1.82, 2.24) is 10.4 Å². The average Bonchev–Trinajstić information content (AvgIpc) is 3.17. The zero-order valence-electron chi connectivity index (χ0n) is 10.8. The molecule has 3 nitrogen and oxygen atoms in total. The second-order valence-electron chi connectivity index (χ2n) is 6.09. The molecule has 3 rings (SSSR count). The molecular weight excluding hydrogens is 224 g/mol. The van der Waals surface area contributed by atoms with E-state index in [1.807, 2.05) is 5.01 Å². The Morgan fingerprint density at radius 3 is 2.56 bits per heavy atom. The van der Waals surface area contributed by atoms with Crippen LogP contribution in [0.1, 0.15) is 65.7 Å². The minimum atomic E-state index is 0. The van der Waals surface area contributed by atoms with E-state index in [0.717, 1.165) is 18.3 Å². The Kier molecular flexibility index (Phi) is 4.31. The van der Waals surface area contributed by atoms with Crippen LogP contribution in [-0.2, 0) is 4.79 Å². The molecule has 1 saturated heterocycles. The Balaban J connectivity index is 0.00000120. The highest BCUT2D eigenvalue weighted by Crippen LogP contribution is 2.37. The lowest BCUT2D eigenvalue weighted by molar-refractivity contribution is -0.161. The summed E-state index contributed by atoms with van der Waals surface area (Å²) < 4.78 is 0. The van der Waals surface area contributed by atoms with Gasteiger partial charge in [-0.15, -0.1) is 0 Å². The Bertz CT molecular complexity index is 301. The predicted octanol–water partition coefficient (Wildman–Crippen LogP) is 3.11. The standard InChI is InChI=1S/C14H24N2O.CH4/c1-2-11-5-3-4-6-13(11)16-14(17)12(15-16)9-10-7-8-10;/h10-13,15H,2-9H2,1H3;1H4. The van der Waals surface area contributed by atoms with Gasteiger partial charge in [-0.05, 0) is 31.1 Å². The van der Waals surface area contributed by atoms with Gasteiger partial charge in [0.1, 0.15) is 6.04 Å². The van der Waals surface area contributed by atoms with E-state index in [4.69, 9.17) is 0 Å². The number of amides is 1. The molecule has 1 N–H and O–H groups in total. The smallest absolute Gasteiger partial charge is 0.255 e. The molecule has 0 bridgehead atoms. The number of carbonyl (C=O) groups excluding carboxylic acids is 1. The van der Waals surface area contributed by atoms with Crippen molar-refractivity contribution in [3.63, 3.8) is 0 Å². The lowest BCUT2D eigenvalue weighted by Crippen LogP contribution is -2.71. The summed E-state index contributed by atoms with van der Waals surface area (Å²) in [5.74, 6) is 1.94. The molecule has 2 aliphatic carbocycles. The van der Waals surface area contributed by atoms with Gasteiger partial charge in [-0.3, -0.25) is 9.80 Å². The van der Waals surface area contributed by atoms with E-state index in [-0.39, 0.29) is 13.5 Å². The SMILES string of the molecule is C.CCC1CCCCC1N1NC(CC2CC2)C1=O. The molecule has 104 valence electrons. The molecule has 1 heterocycles. The first-order valence-electron chi connectivity index (χ1n) is 7.39. The number of carbonyl (C=O) groups is 1. The molecule has 0 radical (unpaired) electrons. The molecule has 3 unspecified atom stereocenters. The molecule has 3 fully saturated rings. The number of hydrogen-bond donors (Lipinski definition) is 1. The normalized spacial score (nSPS) is 35.9. The van der Waals surface area contributed by atoms with Gasteiger partial charge in [0.2, 0.25) is 0 Å². The van der Waals surface area contributed by atoms with Crippen LogP contribution >= 0.6 is 0 Å². The number of rotatable bonds is 4. The van der Waals surface area contributed by atoms with Crippen LogP contribution in [0.5, 0.6) is 0 Å². The van der Waals surface area contributed by atoms with Gasteiger partial charge in [0.15, 0.2) is 0 Å². The summed E-state index contributed by atoms with van der Waals surface area (Å²) >= 11 is 0. The van der Waals surface area contributed by atoms with E-state index in [9.17, 15) is 4.79 Å². The molecule has 2 saturated carbocycles. The van der Waals surface area contributed by atoms with E-state index >= 15 is 0 Å². The van der Waals surface area contributed by atoms with E-state index in [1.54, 1.807) is 0 Å². The maximum Gasteiger partial charge on any atom is 0.255 e. The summed E-state index contributed by atoms with van der Waals surface area (Å²) in [6.07, 6.45) is 10.1. The Morgan fingerprint density at radius 2 is 1.94 bits per heavy atom. The van der Waals surface area contributed by atoms with Crippen LogP contribution < -0.4 is 5.43 Å². The lowest BCUT2D eigenvalue weighted by atomic mass is 9.81. The number of hydrazine groups is 1. The van der Waals surface area contributed by atoms with Crippen LogP contribution in [0.3, 0.4) is 0 Å². The third-order valence-corrected chi connectivity index (χ3v) is 4.82. The fourth-order valence-corrected chi connectivity index (χ4v) is 3.49. The van der Waals surface area contributed by atoms with Crippen LogP contribution in [0.25, 0.3) is 0 Å². The summed E-state index contributed by atoms with van der Waals surface area (Å²) in [5.41, 5.74) is 3.42. The summed E-state index contributed by atoms with van der Waals surface area (Å²) in [6, 6.07) is 0.638. The van der Waals surface area contributed by atoms with Gasteiger partial charge in [0, 0.05) is 0 Å². The van der Waals surface area contributed by atoms with Crippen molar-refractivity contribution in [2.75, 3.05) is 0 Å². The van der Waals surface area contributed by atoms with Crippen LogP contribution in [0.4, 0.5) is 0 Å². The molecule has 0 aromatic heterocycles. The average molecular weight is 252 g/mol. The summed E-state index contributed by atoms with van der Waals surface area (Å²) in [4.78, 5) is 12.1. The maximum absolute atomic E-state index is 12.1. The first-order valence-corrected chi connectivity index (χ1v) is 7.39. The first kappa shape index (κ1) is 13.9. The van der Waals surface area contributed by atoms with Gasteiger partial charge >= 0.3 is 0 Å². The van der Waals surface area contributed by atoms with Crippen LogP contribution in [0, 0.1) is 11.8 Å². The number of nitrogens with zero attached hydrogens (tertiary/aromatic N) is 1. The van der Waals surface area contributed by atoms with Crippen molar-refractivity contribution >= 4 is 5.91 Å². The predicted molar refractivity (Wildman–Crippen MR) is 73.9 cm³/mol. The van der Waals surface area contributed by atoms with Crippen LogP contribution in [-0.4, -0.2) is 23.0 Å². The van der Waals surface area contributed by atoms with Gasteiger partial charge in [0.25, 0.3) is 5.91 Å². The van der Waals surface area contributed by atoms with E-state index in [0.29, 0.717) is 11.9 Å². The summed E-state index contributed by atoms with van der Waals surface area (Å²) in [6.45, 7) is 2.26. The van der Waals surface area contributed by atoms with E-state index in [2.05, 4.69) is 12.3 Å². The molecule has 0 aromatic carbocycles. The minimum Gasteiger partial charge on any atom is -0.272 e. The second kappa shape index (κ2) is 5.60. The van der Waals surface area contributed by atoms with Crippen molar-refractivity contribution in [3.05, 3.63) is 0 Å². The lowest BCUT2D eigenvalue weighted by Gasteiger charge is -2.48. The quantitative estimate of drug-likeness (QED) is 0.834. The topological polar surface area (TPSA) is 32.3 Å². The van der Waals surface area contributed by atoms with E-state index in [1.165, 1.54) is 44.9 Å². The van der Waals surface area contributed by atoms with Gasteiger partial charge < -0.3 is 0 Å². The third kappa shape index (κ3) is 2.56. The molecule has 1 aliphatic heterocycles. The fourth-order valence-electron chi connectivity index (χ4n) is 3.49. The number of nitrogens with one attached hydrogen (secondary N) is 1. The zero-order valence-corrected chi connectivity index (χ0v) is 10.8. The van der Waals surface area contributed by atoms with Gasteiger partial charge in [-0.25, -0.2) is 5.43 Å². The van der Waals surface area contributed by atoms with Crippen molar-refractivity contribution in [2.24, 2.45) is 11.8 Å². The van der Waals surface area contributed by atoms with Crippen molar-refractivity contribution in [2.45, 2.75) is 77.8 Å². The summed E-state index contributed by atoms with van der Waals surface area (Å²) in [7, 11) is 0. The first-order chi connectivity index (χ1) is 8.29. The molecule has 3 heteroatoms. The third-order valence-electron chi connectivity index (χ3n) is 4.82. The van der Waals surface area contributed by atoms with Gasteiger partial charge in [-0.1, -0.05) is 46.5 Å².